The van der Waals surface area contributed by atoms with Gasteiger partial charge in [0.05, 0.1) is 6.61 Å². The summed E-state index contributed by atoms with van der Waals surface area (Å²) in [4.78, 5) is 24.2. The first kappa shape index (κ1) is 15.8. The summed E-state index contributed by atoms with van der Waals surface area (Å²) in [5.74, 6) is 0.0458. The second kappa shape index (κ2) is 6.26. The SMILES string of the molecule is CCOC(=O)CCC1CCN(C(=O)O)[C@@H]1C(C)(C)C. The Labute approximate surface area is 114 Å². The topological polar surface area (TPSA) is 66.8 Å². The Kier molecular flexibility index (Phi) is 5.20. The number of ether oxygens (including phenoxy) is 1. The summed E-state index contributed by atoms with van der Waals surface area (Å²) in [6.45, 7) is 8.90. The molecule has 5 nitrogen and oxygen atoms in total. The Hall–Kier alpha value is -1.26. The second-order valence-corrected chi connectivity index (χ2v) is 6.18. The van der Waals surface area contributed by atoms with Crippen LogP contribution in [0.15, 0.2) is 0 Å². The van der Waals surface area contributed by atoms with Gasteiger partial charge < -0.3 is 14.7 Å². The first-order chi connectivity index (χ1) is 8.77. The third-order valence-corrected chi connectivity index (χ3v) is 3.68. The molecule has 1 saturated heterocycles. The van der Waals surface area contributed by atoms with Crippen LogP contribution in [0.1, 0.15) is 47.0 Å². The van der Waals surface area contributed by atoms with Crippen LogP contribution in [0.4, 0.5) is 4.79 Å². The van der Waals surface area contributed by atoms with E-state index in [1.807, 2.05) is 0 Å². The fraction of sp³-hybridized carbons (Fsp3) is 0.857. The minimum Gasteiger partial charge on any atom is -0.466 e. The highest BCUT2D eigenvalue weighted by atomic mass is 16.5. The molecular weight excluding hydrogens is 246 g/mol. The van der Waals surface area contributed by atoms with Gasteiger partial charge in [-0.05, 0) is 31.1 Å². The van der Waals surface area contributed by atoms with Crippen molar-refractivity contribution in [1.82, 2.24) is 4.90 Å². The van der Waals surface area contributed by atoms with E-state index >= 15 is 0 Å². The summed E-state index contributed by atoms with van der Waals surface area (Å²) in [6.07, 6.45) is 1.04. The van der Waals surface area contributed by atoms with Crippen molar-refractivity contribution in [3.63, 3.8) is 0 Å². The average molecular weight is 271 g/mol. The lowest BCUT2D eigenvalue weighted by molar-refractivity contribution is -0.143. The van der Waals surface area contributed by atoms with Gasteiger partial charge in [0.1, 0.15) is 0 Å². The van der Waals surface area contributed by atoms with E-state index in [0.717, 1.165) is 6.42 Å². The number of nitrogens with zero attached hydrogens (tertiary/aromatic N) is 1. The molecule has 0 aliphatic carbocycles. The predicted molar refractivity (Wildman–Crippen MR) is 71.9 cm³/mol. The van der Waals surface area contributed by atoms with Crippen molar-refractivity contribution < 1.29 is 19.4 Å². The van der Waals surface area contributed by atoms with Crippen LogP contribution in [0.3, 0.4) is 0 Å². The van der Waals surface area contributed by atoms with E-state index in [4.69, 9.17) is 4.74 Å². The quantitative estimate of drug-likeness (QED) is 0.798. The lowest BCUT2D eigenvalue weighted by atomic mass is 9.78. The fourth-order valence-electron chi connectivity index (χ4n) is 3.08. The molecule has 1 aliphatic heterocycles. The second-order valence-electron chi connectivity index (χ2n) is 6.18. The van der Waals surface area contributed by atoms with Crippen molar-refractivity contribution in [2.45, 2.75) is 53.0 Å². The van der Waals surface area contributed by atoms with E-state index in [-0.39, 0.29) is 23.3 Å². The third kappa shape index (κ3) is 4.11. The highest BCUT2D eigenvalue weighted by Crippen LogP contribution is 2.39. The van der Waals surface area contributed by atoms with Crippen molar-refractivity contribution >= 4 is 12.1 Å². The summed E-state index contributed by atoms with van der Waals surface area (Å²) < 4.78 is 4.93. The maximum absolute atomic E-state index is 11.4. The fourth-order valence-corrected chi connectivity index (χ4v) is 3.08. The first-order valence-electron chi connectivity index (χ1n) is 6.92. The Bertz CT molecular complexity index is 335. The molecule has 1 N–H and O–H groups in total. The molecule has 1 amide bonds. The standard InChI is InChI=1S/C14H25NO4/c1-5-19-11(16)7-6-10-8-9-15(13(17)18)12(10)14(2,3)4/h10,12H,5-9H2,1-4H3,(H,17,18)/t10?,12-/m0/s1. The van der Waals surface area contributed by atoms with Crippen molar-refractivity contribution in [2.75, 3.05) is 13.2 Å². The Balaban J connectivity index is 2.67. The number of amides is 1. The third-order valence-electron chi connectivity index (χ3n) is 3.68. The minimum atomic E-state index is -0.862. The van der Waals surface area contributed by atoms with Gasteiger partial charge in [0.25, 0.3) is 0 Å². The number of likely N-dealkylation sites (tertiary alicyclic amines) is 1. The van der Waals surface area contributed by atoms with Gasteiger partial charge in [-0.3, -0.25) is 4.79 Å². The maximum atomic E-state index is 11.4. The lowest BCUT2D eigenvalue weighted by Gasteiger charge is -2.37. The molecule has 1 rings (SSSR count). The van der Waals surface area contributed by atoms with E-state index in [1.165, 1.54) is 4.90 Å². The zero-order chi connectivity index (χ0) is 14.6. The normalized spacial score (nSPS) is 23.5. The van der Waals surface area contributed by atoms with E-state index in [2.05, 4.69) is 20.8 Å². The molecule has 110 valence electrons. The molecule has 1 fully saturated rings. The zero-order valence-electron chi connectivity index (χ0n) is 12.3. The summed E-state index contributed by atoms with van der Waals surface area (Å²) in [7, 11) is 0. The molecular formula is C14H25NO4. The molecule has 0 aromatic rings. The summed E-state index contributed by atoms with van der Waals surface area (Å²) in [5, 5.41) is 9.26. The Morgan fingerprint density at radius 1 is 1.37 bits per heavy atom. The van der Waals surface area contributed by atoms with E-state index in [1.54, 1.807) is 6.92 Å². The maximum Gasteiger partial charge on any atom is 0.407 e. The van der Waals surface area contributed by atoms with Gasteiger partial charge in [-0.15, -0.1) is 0 Å². The van der Waals surface area contributed by atoms with E-state index < -0.39 is 6.09 Å². The van der Waals surface area contributed by atoms with Crippen LogP contribution >= 0.6 is 0 Å². The smallest absolute Gasteiger partial charge is 0.407 e. The molecule has 19 heavy (non-hydrogen) atoms. The molecule has 0 bridgehead atoms. The van der Waals surface area contributed by atoms with E-state index in [0.29, 0.717) is 26.0 Å². The lowest BCUT2D eigenvalue weighted by Crippen LogP contribution is -2.45. The predicted octanol–water partition coefficient (Wildman–Crippen LogP) is 2.74. The van der Waals surface area contributed by atoms with Crippen molar-refractivity contribution in [3.05, 3.63) is 0 Å². The molecule has 1 aliphatic rings. The molecule has 1 heterocycles. The molecule has 2 atom stereocenters. The van der Waals surface area contributed by atoms with Crippen LogP contribution in [0.2, 0.25) is 0 Å². The average Bonchev–Trinajstić information content (AvgIpc) is 2.70. The van der Waals surface area contributed by atoms with Crippen molar-refractivity contribution in [2.24, 2.45) is 11.3 Å². The van der Waals surface area contributed by atoms with Crippen LogP contribution in [0.5, 0.6) is 0 Å². The molecule has 0 spiro atoms. The number of hydrogen-bond acceptors (Lipinski definition) is 3. The van der Waals surface area contributed by atoms with Crippen LogP contribution in [0.25, 0.3) is 0 Å². The molecule has 0 radical (unpaired) electrons. The molecule has 5 heteroatoms. The highest BCUT2D eigenvalue weighted by Gasteiger charge is 2.43. The van der Waals surface area contributed by atoms with Crippen LogP contribution < -0.4 is 0 Å². The number of rotatable bonds is 4. The number of carboxylic acid groups (broad SMARTS) is 1. The zero-order valence-corrected chi connectivity index (χ0v) is 12.3. The largest absolute Gasteiger partial charge is 0.466 e. The number of carbonyl (C=O) groups is 2. The molecule has 0 aromatic carbocycles. The van der Waals surface area contributed by atoms with Gasteiger partial charge in [0.15, 0.2) is 0 Å². The number of hydrogen-bond donors (Lipinski definition) is 1. The van der Waals surface area contributed by atoms with Crippen molar-refractivity contribution in [1.29, 1.82) is 0 Å². The molecule has 0 saturated carbocycles. The van der Waals surface area contributed by atoms with Crippen LogP contribution in [0, 0.1) is 11.3 Å². The summed E-state index contributed by atoms with van der Waals surface area (Å²) in [5.41, 5.74) is -0.117. The molecule has 1 unspecified atom stereocenters. The first-order valence-corrected chi connectivity index (χ1v) is 6.92. The Morgan fingerprint density at radius 3 is 2.47 bits per heavy atom. The van der Waals surface area contributed by atoms with Gasteiger partial charge in [0, 0.05) is 19.0 Å². The van der Waals surface area contributed by atoms with Gasteiger partial charge in [-0.2, -0.15) is 0 Å². The van der Waals surface area contributed by atoms with Gasteiger partial charge >= 0.3 is 12.1 Å². The molecule has 0 aromatic heterocycles. The van der Waals surface area contributed by atoms with Crippen molar-refractivity contribution in [3.8, 4) is 0 Å². The van der Waals surface area contributed by atoms with E-state index in [9.17, 15) is 14.7 Å². The summed E-state index contributed by atoms with van der Waals surface area (Å²) >= 11 is 0. The number of esters is 1. The van der Waals surface area contributed by atoms with Gasteiger partial charge in [-0.25, -0.2) is 4.79 Å². The van der Waals surface area contributed by atoms with Crippen LogP contribution in [-0.2, 0) is 9.53 Å². The highest BCUT2D eigenvalue weighted by molar-refractivity contribution is 5.69. The monoisotopic (exact) mass is 271 g/mol. The van der Waals surface area contributed by atoms with Crippen LogP contribution in [-0.4, -0.2) is 41.3 Å². The van der Waals surface area contributed by atoms with Gasteiger partial charge in [0.2, 0.25) is 0 Å². The summed E-state index contributed by atoms with van der Waals surface area (Å²) in [6, 6.07) is -0.0283. The van der Waals surface area contributed by atoms with Gasteiger partial charge in [-0.1, -0.05) is 20.8 Å². The minimum absolute atomic E-state index is 0.0283. The number of carbonyl (C=O) groups excluding carboxylic acids is 1. The Morgan fingerprint density at radius 2 is 2.00 bits per heavy atom.